The number of benzene rings is 4. The summed E-state index contributed by atoms with van der Waals surface area (Å²) in [5.74, 6) is -0.601. The molecule has 1 atom stereocenters. The van der Waals surface area contributed by atoms with E-state index < -0.39 is 11.9 Å². The summed E-state index contributed by atoms with van der Waals surface area (Å²) in [6.45, 7) is 5.19. The van der Waals surface area contributed by atoms with Crippen molar-refractivity contribution < 1.29 is 20.1 Å². The Morgan fingerprint density at radius 3 is 1.80 bits per heavy atom. The van der Waals surface area contributed by atoms with Crippen molar-refractivity contribution in [3.8, 4) is 22.9 Å². The number of nitrogens with zero attached hydrogens (tertiary/aromatic N) is 6. The number of hydrogen-bond acceptors (Lipinski definition) is 8. The van der Waals surface area contributed by atoms with Gasteiger partial charge in [-0.2, -0.15) is 0 Å². The Morgan fingerprint density at radius 1 is 0.756 bits per heavy atom. The molecule has 0 saturated carbocycles. The first-order chi connectivity index (χ1) is 19.8. The molecular weight excluding hydrogens is 520 g/mol. The molecule has 0 saturated heterocycles. The van der Waals surface area contributed by atoms with Crippen molar-refractivity contribution in [1.29, 1.82) is 0 Å². The van der Waals surface area contributed by atoms with Crippen LogP contribution < -0.4 is 0 Å². The summed E-state index contributed by atoms with van der Waals surface area (Å²) >= 11 is 0. The largest absolute Gasteiger partial charge is 0.505 e. The predicted octanol–water partition coefficient (Wildman–Crippen LogP) is 4.21. The second-order valence-corrected chi connectivity index (χ2v) is 9.91. The van der Waals surface area contributed by atoms with Gasteiger partial charge in [0, 0.05) is 24.0 Å². The number of ketones is 1. The second-order valence-electron chi connectivity index (χ2n) is 9.91. The molecule has 0 fully saturated rings. The van der Waals surface area contributed by atoms with E-state index in [0.717, 1.165) is 0 Å². The normalized spacial score (nSPS) is 12.1. The lowest BCUT2D eigenvalue weighted by Crippen LogP contribution is -2.23. The van der Waals surface area contributed by atoms with Gasteiger partial charge in [0.25, 0.3) is 0 Å². The Hall–Kier alpha value is -5.35. The molecule has 3 N–H and O–H groups in total. The van der Waals surface area contributed by atoms with Crippen molar-refractivity contribution in [1.82, 2.24) is 30.0 Å². The van der Waals surface area contributed by atoms with Crippen LogP contribution in [0.1, 0.15) is 23.6 Å². The number of carbonyl (C=O) groups is 1. The third-order valence-electron chi connectivity index (χ3n) is 6.86. The van der Waals surface area contributed by atoms with Crippen LogP contribution in [0.5, 0.6) is 11.5 Å². The number of aromatic hydroxyl groups is 2. The van der Waals surface area contributed by atoms with Gasteiger partial charge in [-0.15, -0.1) is 30.0 Å². The summed E-state index contributed by atoms with van der Waals surface area (Å²) in [6, 6.07) is 23.3. The molecule has 0 bridgehead atoms. The molecule has 0 aliphatic carbocycles. The van der Waals surface area contributed by atoms with E-state index >= 15 is 0 Å². The third-order valence-corrected chi connectivity index (χ3v) is 6.86. The third kappa shape index (κ3) is 4.92. The number of phenols is 2. The van der Waals surface area contributed by atoms with Crippen LogP contribution in [-0.4, -0.2) is 57.2 Å². The van der Waals surface area contributed by atoms with Crippen LogP contribution in [0.2, 0.25) is 0 Å². The first-order valence-electron chi connectivity index (χ1n) is 13.0. The zero-order valence-corrected chi connectivity index (χ0v) is 22.1. The highest BCUT2D eigenvalue weighted by Crippen LogP contribution is 2.34. The van der Waals surface area contributed by atoms with E-state index in [9.17, 15) is 20.1 Å². The van der Waals surface area contributed by atoms with Crippen molar-refractivity contribution >= 4 is 27.9 Å². The maximum absolute atomic E-state index is 12.4. The molecule has 2 aromatic heterocycles. The Kier molecular flexibility index (Phi) is 6.52. The lowest BCUT2D eigenvalue weighted by Gasteiger charge is -2.16. The highest BCUT2D eigenvalue weighted by atomic mass is 16.3. The van der Waals surface area contributed by atoms with Crippen LogP contribution in [0.4, 0.5) is 0 Å². The summed E-state index contributed by atoms with van der Waals surface area (Å²) < 4.78 is 0. The molecule has 41 heavy (non-hydrogen) atoms. The van der Waals surface area contributed by atoms with Crippen LogP contribution >= 0.6 is 0 Å². The van der Waals surface area contributed by atoms with Gasteiger partial charge in [-0.25, -0.2) is 0 Å². The van der Waals surface area contributed by atoms with Gasteiger partial charge >= 0.3 is 0 Å². The van der Waals surface area contributed by atoms with E-state index in [-0.39, 0.29) is 35.6 Å². The zero-order valence-electron chi connectivity index (χ0n) is 22.1. The average Bonchev–Trinajstić information content (AvgIpc) is 3.59. The summed E-state index contributed by atoms with van der Waals surface area (Å²) in [7, 11) is 0. The quantitative estimate of drug-likeness (QED) is 0.241. The second kappa shape index (κ2) is 10.3. The molecule has 204 valence electrons. The number of carbonyl (C=O) groups excluding carboxylic acids is 1. The number of para-hydroxylation sites is 1. The summed E-state index contributed by atoms with van der Waals surface area (Å²) in [5.41, 5.74) is 5.10. The Morgan fingerprint density at radius 2 is 1.27 bits per heavy atom. The Labute approximate surface area is 234 Å². The van der Waals surface area contributed by atoms with Crippen molar-refractivity contribution in [2.45, 2.75) is 25.9 Å². The highest BCUT2D eigenvalue weighted by Gasteiger charge is 2.21. The number of fused-ring (bicyclic) bond motifs is 2. The van der Waals surface area contributed by atoms with E-state index in [4.69, 9.17) is 0 Å². The molecule has 0 spiro atoms. The Bertz CT molecular complexity index is 1890. The molecule has 2 heterocycles. The summed E-state index contributed by atoms with van der Waals surface area (Å²) in [5, 5.41) is 51.2. The van der Waals surface area contributed by atoms with E-state index in [0.29, 0.717) is 44.4 Å². The molecule has 0 radical (unpaired) electrons. The van der Waals surface area contributed by atoms with E-state index in [1.165, 1.54) is 9.59 Å². The van der Waals surface area contributed by atoms with Gasteiger partial charge in [-0.05, 0) is 54.5 Å². The van der Waals surface area contributed by atoms with E-state index in [2.05, 4.69) is 27.0 Å². The minimum atomic E-state index is -1.31. The highest BCUT2D eigenvalue weighted by molar-refractivity contribution is 5.97. The van der Waals surface area contributed by atoms with Gasteiger partial charge in [-0.3, -0.25) is 4.79 Å². The van der Waals surface area contributed by atoms with Gasteiger partial charge in [0.2, 0.25) is 0 Å². The predicted molar refractivity (Wildman–Crippen MR) is 153 cm³/mol. The number of hydrogen-bond donors (Lipinski definition) is 3. The molecular formula is C31H26N6O4. The van der Waals surface area contributed by atoms with Crippen LogP contribution in [0.15, 0.2) is 91.0 Å². The molecule has 1 unspecified atom stereocenters. The molecule has 6 rings (SSSR count). The number of Topliss-reactive ketones (excluding diaryl/α,β-unsaturated/α-hetero) is 1. The van der Waals surface area contributed by atoms with Gasteiger partial charge < -0.3 is 15.3 Å². The maximum Gasteiger partial charge on any atom is 0.186 e. The lowest BCUT2D eigenvalue weighted by molar-refractivity contribution is -0.123. The minimum absolute atomic E-state index is 0.0113. The fraction of sp³-hybridized carbons (Fsp3) is 0.129. The molecule has 4 aromatic carbocycles. The monoisotopic (exact) mass is 546 g/mol. The fourth-order valence-corrected chi connectivity index (χ4v) is 4.77. The van der Waals surface area contributed by atoms with Gasteiger partial charge in [0.1, 0.15) is 51.0 Å². The van der Waals surface area contributed by atoms with Gasteiger partial charge in [-0.1, -0.05) is 49.0 Å². The molecule has 6 aromatic rings. The first-order valence-corrected chi connectivity index (χ1v) is 13.0. The van der Waals surface area contributed by atoms with E-state index in [1.807, 2.05) is 48.5 Å². The number of rotatable bonds is 8. The smallest absolute Gasteiger partial charge is 0.186 e. The molecule has 10 heteroatoms. The molecule has 0 aliphatic heterocycles. The Balaban J connectivity index is 1.43. The molecule has 0 amide bonds. The van der Waals surface area contributed by atoms with Crippen LogP contribution in [-0.2, 0) is 17.6 Å². The van der Waals surface area contributed by atoms with E-state index in [1.54, 1.807) is 37.3 Å². The fourth-order valence-electron chi connectivity index (χ4n) is 4.77. The van der Waals surface area contributed by atoms with Crippen molar-refractivity contribution in [2.75, 3.05) is 0 Å². The maximum atomic E-state index is 12.4. The SMILES string of the molecule is C=C(C)C(=O)C(O)Cc1cc(Cc2cccc(-n3nc4ccccc4n3)c2O)c(O)c(-n2nc3ccccc3n2)c1. The van der Waals surface area contributed by atoms with Crippen molar-refractivity contribution in [2.24, 2.45) is 0 Å². The van der Waals surface area contributed by atoms with Crippen LogP contribution in [0.3, 0.4) is 0 Å². The first kappa shape index (κ1) is 25.9. The number of aliphatic hydroxyl groups is 1. The van der Waals surface area contributed by atoms with Crippen molar-refractivity contribution in [3.63, 3.8) is 0 Å². The molecule has 10 nitrogen and oxygen atoms in total. The minimum Gasteiger partial charge on any atom is -0.505 e. The topological polar surface area (TPSA) is 139 Å². The van der Waals surface area contributed by atoms with Crippen LogP contribution in [0, 0.1) is 0 Å². The average molecular weight is 547 g/mol. The van der Waals surface area contributed by atoms with Gasteiger partial charge in [0.05, 0.1) is 0 Å². The number of aromatic nitrogens is 6. The standard InChI is InChI=1S/C31H26N6O4/c1-18(2)29(39)28(38)16-19-14-21(31(41)27(15-19)37-34-24-11-5-6-12-25(24)35-37)17-20-8-7-13-26(30(20)40)36-32-22-9-3-4-10-23(22)33-36/h3-15,28,38,40-41H,1,16-17H2,2H3. The summed E-state index contributed by atoms with van der Waals surface area (Å²) in [4.78, 5) is 15.1. The number of aliphatic hydroxyl groups excluding tert-OH is 1. The van der Waals surface area contributed by atoms with Gasteiger partial charge in [0.15, 0.2) is 5.78 Å². The molecule has 0 aliphatic rings. The summed E-state index contributed by atoms with van der Waals surface area (Å²) in [6.07, 6.45) is -1.19. The van der Waals surface area contributed by atoms with Crippen LogP contribution in [0.25, 0.3) is 33.4 Å². The number of phenolic OH excluding ortho intramolecular Hbond substituents is 2. The lowest BCUT2D eigenvalue weighted by atomic mass is 9.95. The zero-order chi connectivity index (χ0) is 28.7. The van der Waals surface area contributed by atoms with Crippen molar-refractivity contribution in [3.05, 3.63) is 108 Å².